The minimum atomic E-state index is 0.719. The van der Waals surface area contributed by atoms with Gasteiger partial charge in [0.15, 0.2) is 0 Å². The van der Waals surface area contributed by atoms with E-state index in [-0.39, 0.29) is 0 Å². The number of nitrogens with one attached hydrogen (secondary N) is 1. The molecule has 1 fully saturated rings. The number of hydrogen-bond donors (Lipinski definition) is 1. The molecule has 1 heterocycles. The molecule has 4 heteroatoms. The molecule has 0 amide bonds. The van der Waals surface area contributed by atoms with Gasteiger partial charge >= 0.3 is 0 Å². The fourth-order valence-corrected chi connectivity index (χ4v) is 2.52. The first-order valence-electron chi connectivity index (χ1n) is 8.38. The van der Waals surface area contributed by atoms with Crippen molar-refractivity contribution in [3.8, 4) is 0 Å². The fraction of sp³-hybridized carbons (Fsp3) is 1.00. The van der Waals surface area contributed by atoms with Crippen LogP contribution in [0.3, 0.4) is 0 Å². The summed E-state index contributed by atoms with van der Waals surface area (Å²) in [5, 5.41) is 3.40. The predicted molar refractivity (Wildman–Crippen MR) is 86.3 cm³/mol. The minimum absolute atomic E-state index is 0.719. The highest BCUT2D eigenvalue weighted by atomic mass is 16.5. The minimum Gasteiger partial charge on any atom is -0.379 e. The van der Waals surface area contributed by atoms with Gasteiger partial charge in [-0.15, -0.1) is 0 Å². The van der Waals surface area contributed by atoms with Crippen LogP contribution in [0.15, 0.2) is 0 Å². The molecule has 1 rings (SSSR count). The van der Waals surface area contributed by atoms with Crippen LogP contribution < -0.4 is 5.32 Å². The first-order valence-corrected chi connectivity index (χ1v) is 8.38. The molecule has 1 aliphatic rings. The zero-order valence-electron chi connectivity index (χ0n) is 14.0. The van der Waals surface area contributed by atoms with Crippen LogP contribution in [0.4, 0.5) is 0 Å². The first-order chi connectivity index (χ1) is 9.63. The molecule has 0 aromatic carbocycles. The van der Waals surface area contributed by atoms with E-state index in [9.17, 15) is 0 Å². The monoisotopic (exact) mass is 285 g/mol. The average Bonchev–Trinajstić information content (AvgIpc) is 2.45. The maximum atomic E-state index is 5.70. The second kappa shape index (κ2) is 10.6. The lowest BCUT2D eigenvalue weighted by Gasteiger charge is -2.37. The van der Waals surface area contributed by atoms with Gasteiger partial charge in [0, 0.05) is 45.3 Å². The number of nitrogens with zero attached hydrogens (tertiary/aromatic N) is 2. The molecule has 0 aliphatic carbocycles. The molecular weight excluding hydrogens is 250 g/mol. The molecular formula is C16H35N3O. The van der Waals surface area contributed by atoms with Crippen molar-refractivity contribution >= 4 is 0 Å². The van der Waals surface area contributed by atoms with Gasteiger partial charge in [-0.2, -0.15) is 0 Å². The van der Waals surface area contributed by atoms with Crippen molar-refractivity contribution in [2.75, 3.05) is 59.0 Å². The van der Waals surface area contributed by atoms with Gasteiger partial charge < -0.3 is 10.1 Å². The molecule has 120 valence electrons. The summed E-state index contributed by atoms with van der Waals surface area (Å²) in [5.41, 5.74) is 0. The highest BCUT2D eigenvalue weighted by Gasteiger charge is 2.19. The molecule has 20 heavy (non-hydrogen) atoms. The molecule has 0 radical (unpaired) electrons. The maximum absolute atomic E-state index is 5.70. The third kappa shape index (κ3) is 7.58. The lowest BCUT2D eigenvalue weighted by atomic mass is 10.2. The summed E-state index contributed by atoms with van der Waals surface area (Å²) in [6.45, 7) is 18.7. The van der Waals surface area contributed by atoms with Crippen LogP contribution >= 0.6 is 0 Å². The largest absolute Gasteiger partial charge is 0.379 e. The summed E-state index contributed by atoms with van der Waals surface area (Å²) in [6.07, 6.45) is 1.26. The Morgan fingerprint density at radius 2 is 1.75 bits per heavy atom. The van der Waals surface area contributed by atoms with Crippen molar-refractivity contribution in [3.05, 3.63) is 0 Å². The summed E-state index contributed by atoms with van der Waals surface area (Å²) in [7, 11) is 0. The van der Waals surface area contributed by atoms with Gasteiger partial charge in [0.2, 0.25) is 0 Å². The maximum Gasteiger partial charge on any atom is 0.0594 e. The zero-order chi connectivity index (χ0) is 14.8. The molecule has 0 bridgehead atoms. The van der Waals surface area contributed by atoms with Gasteiger partial charge in [0.1, 0.15) is 0 Å². The van der Waals surface area contributed by atoms with Crippen molar-refractivity contribution in [1.82, 2.24) is 15.1 Å². The van der Waals surface area contributed by atoms with E-state index in [1.165, 1.54) is 32.6 Å². The molecule has 0 saturated carbocycles. The Morgan fingerprint density at radius 1 is 1.05 bits per heavy atom. The van der Waals surface area contributed by atoms with Gasteiger partial charge in [0.25, 0.3) is 0 Å². The summed E-state index contributed by atoms with van der Waals surface area (Å²) in [4.78, 5) is 5.13. The molecule has 4 nitrogen and oxygen atoms in total. The molecule has 0 aromatic rings. The van der Waals surface area contributed by atoms with Gasteiger partial charge in [-0.3, -0.25) is 9.80 Å². The van der Waals surface area contributed by atoms with Gasteiger partial charge in [-0.05, 0) is 25.8 Å². The molecule has 0 spiro atoms. The fourth-order valence-electron chi connectivity index (χ4n) is 2.52. The molecule has 1 unspecified atom stereocenters. The molecule has 1 aliphatic heterocycles. The molecule has 1 atom stereocenters. The predicted octanol–water partition coefficient (Wildman–Crippen LogP) is 1.66. The van der Waals surface area contributed by atoms with Gasteiger partial charge in [0.05, 0.1) is 13.2 Å². The standard InChI is InChI=1S/C16H35N3O/c1-5-16(4)19-9-7-18(8-10-19)11-13-20-12-6-17-14-15(2)3/h15-17H,5-14H2,1-4H3. The Balaban J connectivity index is 1.94. The first kappa shape index (κ1) is 17.9. The van der Waals surface area contributed by atoms with E-state index in [1.807, 2.05) is 0 Å². The van der Waals surface area contributed by atoms with E-state index in [0.717, 1.165) is 44.8 Å². The third-order valence-electron chi connectivity index (χ3n) is 4.15. The number of hydrogen-bond acceptors (Lipinski definition) is 4. The van der Waals surface area contributed by atoms with E-state index >= 15 is 0 Å². The molecule has 1 saturated heterocycles. The second-order valence-corrected chi connectivity index (χ2v) is 6.35. The van der Waals surface area contributed by atoms with Crippen LogP contribution in [0.5, 0.6) is 0 Å². The van der Waals surface area contributed by atoms with Gasteiger partial charge in [-0.25, -0.2) is 0 Å². The van der Waals surface area contributed by atoms with Gasteiger partial charge in [-0.1, -0.05) is 20.8 Å². The Morgan fingerprint density at radius 3 is 2.35 bits per heavy atom. The van der Waals surface area contributed by atoms with Crippen molar-refractivity contribution in [2.24, 2.45) is 5.92 Å². The number of ether oxygens (including phenoxy) is 1. The Bertz CT molecular complexity index is 228. The highest BCUT2D eigenvalue weighted by molar-refractivity contribution is 4.75. The van der Waals surface area contributed by atoms with E-state index in [1.54, 1.807) is 0 Å². The van der Waals surface area contributed by atoms with Crippen molar-refractivity contribution in [3.63, 3.8) is 0 Å². The number of rotatable bonds is 10. The summed E-state index contributed by atoms with van der Waals surface area (Å²) >= 11 is 0. The van der Waals surface area contributed by atoms with Crippen LogP contribution in [0.1, 0.15) is 34.1 Å². The third-order valence-corrected chi connectivity index (χ3v) is 4.15. The zero-order valence-corrected chi connectivity index (χ0v) is 14.0. The smallest absolute Gasteiger partial charge is 0.0594 e. The van der Waals surface area contributed by atoms with Crippen LogP contribution in [0, 0.1) is 5.92 Å². The van der Waals surface area contributed by atoms with E-state index in [4.69, 9.17) is 4.74 Å². The summed E-state index contributed by atoms with van der Waals surface area (Å²) in [6, 6.07) is 0.737. The highest BCUT2D eigenvalue weighted by Crippen LogP contribution is 2.08. The number of piperazine rings is 1. The quantitative estimate of drug-likeness (QED) is 0.618. The van der Waals surface area contributed by atoms with Crippen LogP contribution in [-0.4, -0.2) is 74.9 Å². The average molecular weight is 285 g/mol. The molecule has 0 aromatic heterocycles. The van der Waals surface area contributed by atoms with Crippen LogP contribution in [0.25, 0.3) is 0 Å². The van der Waals surface area contributed by atoms with Crippen LogP contribution in [0.2, 0.25) is 0 Å². The van der Waals surface area contributed by atoms with E-state index < -0.39 is 0 Å². The lowest BCUT2D eigenvalue weighted by molar-refractivity contribution is 0.0639. The Hall–Kier alpha value is -0.160. The Labute approximate surface area is 125 Å². The van der Waals surface area contributed by atoms with Crippen molar-refractivity contribution in [2.45, 2.75) is 40.2 Å². The SMILES string of the molecule is CCC(C)N1CCN(CCOCCNCC(C)C)CC1. The summed E-state index contributed by atoms with van der Waals surface area (Å²) in [5.74, 6) is 0.719. The lowest BCUT2D eigenvalue weighted by Crippen LogP contribution is -2.50. The summed E-state index contributed by atoms with van der Waals surface area (Å²) < 4.78 is 5.70. The Kier molecular flexibility index (Phi) is 9.44. The van der Waals surface area contributed by atoms with Crippen LogP contribution in [-0.2, 0) is 4.74 Å². The second-order valence-electron chi connectivity index (χ2n) is 6.35. The van der Waals surface area contributed by atoms with Crippen molar-refractivity contribution in [1.29, 1.82) is 0 Å². The van der Waals surface area contributed by atoms with Crippen molar-refractivity contribution < 1.29 is 4.74 Å². The molecule has 1 N–H and O–H groups in total. The van der Waals surface area contributed by atoms with E-state index in [2.05, 4.69) is 42.8 Å². The topological polar surface area (TPSA) is 27.7 Å². The normalized spacial score (nSPS) is 19.6. The van der Waals surface area contributed by atoms with E-state index in [0.29, 0.717) is 0 Å².